The highest BCUT2D eigenvalue weighted by molar-refractivity contribution is 7.23. The van der Waals surface area contributed by atoms with Gasteiger partial charge in [0.25, 0.3) is 0 Å². The van der Waals surface area contributed by atoms with E-state index in [1.54, 1.807) is 16.8 Å². The van der Waals surface area contributed by atoms with Crippen LogP contribution in [0.15, 0.2) is 18.2 Å². The molecule has 2 aromatic carbocycles. The Bertz CT molecular complexity index is 2220. The Kier molecular flexibility index (Phi) is 8.30. The summed E-state index contributed by atoms with van der Waals surface area (Å²) in [6, 6.07) is 3.46. The molecule has 1 amide bonds. The molecule has 3 saturated heterocycles. The number of nitriles is 1. The Labute approximate surface area is 305 Å². The number of carbonyl (C=O) groups excluding carboxylic acids is 1. The summed E-state index contributed by atoms with van der Waals surface area (Å²) in [6.45, 7) is 5.14. The Hall–Kier alpha value is -4.36. The Morgan fingerprint density at radius 3 is 2.66 bits per heavy atom. The van der Waals surface area contributed by atoms with E-state index in [0.717, 1.165) is 37.5 Å². The van der Waals surface area contributed by atoms with E-state index in [1.807, 2.05) is 24.8 Å². The number of anilines is 2. The van der Waals surface area contributed by atoms with Gasteiger partial charge >= 0.3 is 12.2 Å². The largest absolute Gasteiger partial charge is 0.461 e. The third-order valence-corrected chi connectivity index (χ3v) is 13.0. The number of nitrogens with zero attached hydrogens (tertiary/aromatic N) is 6. The van der Waals surface area contributed by atoms with Crippen LogP contribution in [-0.4, -0.2) is 82.8 Å². The number of rotatable bonds is 7. The molecule has 2 aromatic heterocycles. The van der Waals surface area contributed by atoms with Crippen molar-refractivity contribution in [3.63, 3.8) is 0 Å². The van der Waals surface area contributed by atoms with E-state index in [4.69, 9.17) is 10.5 Å². The first kappa shape index (κ1) is 35.7. The smallest absolute Gasteiger partial charge is 0.417 e. The fourth-order valence-corrected chi connectivity index (χ4v) is 9.75. The molecule has 1 saturated carbocycles. The number of hydrogen-bond acceptors (Lipinski definition) is 9. The van der Waals surface area contributed by atoms with Crippen molar-refractivity contribution in [1.82, 2.24) is 19.8 Å². The van der Waals surface area contributed by atoms with Gasteiger partial charge in [0.15, 0.2) is 5.82 Å². The summed E-state index contributed by atoms with van der Waals surface area (Å²) in [5.41, 5.74) is 1.49. The third-order valence-electron chi connectivity index (χ3n) is 11.9. The number of benzene rings is 2. The number of nitrogens with two attached hydrogens (primary N) is 1. The second-order valence-corrected chi connectivity index (χ2v) is 16.3. The van der Waals surface area contributed by atoms with Crippen LogP contribution in [0.25, 0.3) is 32.1 Å². The number of amides is 1. The maximum atomic E-state index is 17.2. The molecule has 280 valence electrons. The number of likely N-dealkylation sites (tertiary alicyclic amines) is 1. The van der Waals surface area contributed by atoms with Gasteiger partial charge < -0.3 is 20.3 Å². The van der Waals surface area contributed by atoms with Gasteiger partial charge in [-0.15, -0.1) is 11.3 Å². The van der Waals surface area contributed by atoms with Gasteiger partial charge in [-0.3, -0.25) is 9.69 Å². The summed E-state index contributed by atoms with van der Waals surface area (Å²) < 4.78 is 98.1. The second kappa shape index (κ2) is 12.3. The van der Waals surface area contributed by atoms with Crippen LogP contribution in [0.1, 0.15) is 63.5 Å². The number of aromatic nitrogens is 2. The molecule has 0 unspecified atom stereocenters. The zero-order valence-corrected chi connectivity index (χ0v) is 30.1. The minimum absolute atomic E-state index is 0.0177. The summed E-state index contributed by atoms with van der Waals surface area (Å²) in [7, 11) is 1.64. The van der Waals surface area contributed by atoms with E-state index >= 15 is 17.6 Å². The van der Waals surface area contributed by atoms with Crippen LogP contribution < -0.4 is 15.4 Å². The lowest BCUT2D eigenvalue weighted by molar-refractivity contribution is -0.137. The van der Waals surface area contributed by atoms with Gasteiger partial charge in [0.1, 0.15) is 41.0 Å². The van der Waals surface area contributed by atoms with Crippen LogP contribution in [0.4, 0.5) is 37.2 Å². The molecule has 8 rings (SSSR count). The van der Waals surface area contributed by atoms with E-state index in [0.29, 0.717) is 37.3 Å². The van der Waals surface area contributed by atoms with Gasteiger partial charge in [0.2, 0.25) is 5.91 Å². The van der Waals surface area contributed by atoms with Gasteiger partial charge in [0.05, 0.1) is 27.4 Å². The van der Waals surface area contributed by atoms with E-state index in [2.05, 4.69) is 9.97 Å². The van der Waals surface area contributed by atoms with Crippen molar-refractivity contribution < 1.29 is 35.9 Å². The first-order valence-corrected chi connectivity index (χ1v) is 18.5. The van der Waals surface area contributed by atoms with Gasteiger partial charge in [-0.1, -0.05) is 13.0 Å². The predicted molar refractivity (Wildman–Crippen MR) is 188 cm³/mol. The third kappa shape index (κ3) is 5.64. The molecule has 4 fully saturated rings. The summed E-state index contributed by atoms with van der Waals surface area (Å²) >= 11 is 0.683. The summed E-state index contributed by atoms with van der Waals surface area (Å²) in [5.74, 6) is -2.22. The molecule has 4 aliphatic rings. The van der Waals surface area contributed by atoms with Crippen molar-refractivity contribution in [2.75, 3.05) is 43.9 Å². The van der Waals surface area contributed by atoms with Crippen molar-refractivity contribution in [1.29, 1.82) is 5.26 Å². The van der Waals surface area contributed by atoms with Crippen LogP contribution in [0.5, 0.6) is 6.01 Å². The minimum Gasteiger partial charge on any atom is -0.461 e. The molecular formula is C37H37F6N7O2S. The maximum Gasteiger partial charge on any atom is 0.417 e. The molecule has 5 heterocycles. The summed E-state index contributed by atoms with van der Waals surface area (Å²) in [6.07, 6.45) is -2.40. The molecule has 0 radical (unpaired) electrons. The van der Waals surface area contributed by atoms with Gasteiger partial charge in [-0.05, 0) is 63.3 Å². The van der Waals surface area contributed by atoms with Crippen LogP contribution in [0.2, 0.25) is 0 Å². The second-order valence-electron chi connectivity index (χ2n) is 15.2. The van der Waals surface area contributed by atoms with E-state index in [-0.39, 0.29) is 75.0 Å². The molecule has 53 heavy (non-hydrogen) atoms. The van der Waals surface area contributed by atoms with Crippen molar-refractivity contribution in [2.24, 2.45) is 5.41 Å². The molecule has 16 heteroatoms. The maximum absolute atomic E-state index is 17.2. The lowest BCUT2D eigenvalue weighted by atomic mass is 9.92. The number of nitrogen functional groups attached to an aromatic ring is 1. The highest BCUT2D eigenvalue weighted by Gasteiger charge is 2.51. The monoisotopic (exact) mass is 757 g/mol. The highest BCUT2D eigenvalue weighted by Crippen LogP contribution is 2.50. The average Bonchev–Trinajstić information content (AvgIpc) is 3.36. The Balaban J connectivity index is 1.31. The lowest BCUT2D eigenvalue weighted by Gasteiger charge is -2.34. The number of alkyl halides is 4. The minimum atomic E-state index is -5.12. The first-order valence-electron chi connectivity index (χ1n) is 17.6. The summed E-state index contributed by atoms with van der Waals surface area (Å²) in [5, 5.41) is 9.25. The van der Waals surface area contributed by atoms with E-state index in [1.165, 1.54) is 0 Å². The fraction of sp³-hybridized carbons (Fsp3) is 0.514. The molecule has 2 N–H and O–H groups in total. The lowest BCUT2D eigenvalue weighted by Crippen LogP contribution is -2.46. The van der Waals surface area contributed by atoms with Gasteiger partial charge in [-0.2, -0.15) is 28.4 Å². The summed E-state index contributed by atoms with van der Waals surface area (Å²) in [4.78, 5) is 27.8. The molecule has 4 atom stereocenters. The predicted octanol–water partition coefficient (Wildman–Crippen LogP) is 7.44. The number of thiophene rings is 1. The normalized spacial score (nSPS) is 25.3. The van der Waals surface area contributed by atoms with E-state index in [9.17, 15) is 18.8 Å². The van der Waals surface area contributed by atoms with Crippen molar-refractivity contribution in [2.45, 2.75) is 82.3 Å². The number of fused-ring (bicyclic) bond motifs is 3. The average molecular weight is 758 g/mol. The van der Waals surface area contributed by atoms with Crippen LogP contribution in [-0.2, 0) is 11.0 Å². The Morgan fingerprint density at radius 1 is 1.21 bits per heavy atom. The van der Waals surface area contributed by atoms with Gasteiger partial charge in [-0.25, -0.2) is 13.2 Å². The number of halogens is 6. The molecule has 4 aromatic rings. The topological polar surface area (TPSA) is 112 Å². The number of likely N-dealkylation sites (N-methyl/N-ethyl adjacent to an activating group) is 1. The zero-order chi connectivity index (χ0) is 37.8. The van der Waals surface area contributed by atoms with Crippen molar-refractivity contribution in [3.8, 4) is 23.2 Å². The van der Waals surface area contributed by atoms with Gasteiger partial charge in [0, 0.05) is 54.4 Å². The SMILES string of the molecule is C[C@@H]1[C@H](N(C)c2nc(OC[C@@]34CCCN3C[C@H](F)C4)nc3c(F)c(-c4ccc(F)c5sc(N)c(C#N)c45)c(C(F)(F)F)cc23)CCN1C(=O)C1(C)CC1. The first-order chi connectivity index (χ1) is 25.1. The van der Waals surface area contributed by atoms with Crippen molar-refractivity contribution in [3.05, 3.63) is 41.0 Å². The molecule has 3 aliphatic heterocycles. The molecule has 1 aliphatic carbocycles. The van der Waals surface area contributed by atoms with Crippen LogP contribution >= 0.6 is 11.3 Å². The molecular weight excluding hydrogens is 721 g/mol. The quantitative estimate of drug-likeness (QED) is 0.194. The standard InChI is InChI=1S/C37H37F6N7O2S/c1-18-25(7-12-50(18)33(51)35(2)9-10-35)48(3)32-21-13-23(37(41,42)43)27(20-5-6-24(39)30-26(20)22(15-44)31(45)53-30)28(40)29(21)46-34(47-32)52-17-36-8-4-11-49(36)16-19(38)14-36/h5-6,13,18-19,25H,4,7-12,14,16-17,45H2,1-3H3/t18-,19-,25-,36+/m1/s1. The number of carbonyl (C=O) groups is 1. The molecule has 0 spiro atoms. The zero-order valence-electron chi connectivity index (χ0n) is 29.3. The van der Waals surface area contributed by atoms with Crippen LogP contribution in [0, 0.1) is 28.4 Å². The highest BCUT2D eigenvalue weighted by atomic mass is 32.1. The fourth-order valence-electron chi connectivity index (χ4n) is 8.80. The van der Waals surface area contributed by atoms with Crippen molar-refractivity contribution >= 4 is 49.1 Å². The molecule has 9 nitrogen and oxygen atoms in total. The van der Waals surface area contributed by atoms with Crippen LogP contribution in [0.3, 0.4) is 0 Å². The van der Waals surface area contributed by atoms with E-state index < -0.39 is 57.6 Å². The number of ether oxygens (including phenoxy) is 1. The Morgan fingerprint density at radius 2 is 1.96 bits per heavy atom. The molecule has 0 bridgehead atoms. The number of hydrogen-bond donors (Lipinski definition) is 1.